The minimum Gasteiger partial charge on any atom is -0.330 e. The lowest BCUT2D eigenvalue weighted by molar-refractivity contribution is 0.658. The van der Waals surface area contributed by atoms with Gasteiger partial charge < -0.3 is 5.73 Å². The van der Waals surface area contributed by atoms with Crippen molar-refractivity contribution in [2.24, 2.45) is 5.73 Å². The summed E-state index contributed by atoms with van der Waals surface area (Å²) in [5.41, 5.74) is 9.36. The molecule has 2 aromatic rings. The number of nitrogens with zero attached hydrogens (tertiary/aromatic N) is 2. The van der Waals surface area contributed by atoms with E-state index in [1.54, 1.807) is 0 Å². The second-order valence-electron chi connectivity index (χ2n) is 4.98. The first-order valence-corrected chi connectivity index (χ1v) is 6.98. The largest absolute Gasteiger partial charge is 0.330 e. The number of rotatable bonds is 3. The Balaban J connectivity index is 2.11. The molecule has 1 aliphatic carbocycles. The summed E-state index contributed by atoms with van der Waals surface area (Å²) >= 11 is 3.68. The molecule has 4 heteroatoms. The van der Waals surface area contributed by atoms with E-state index in [4.69, 9.17) is 10.8 Å². The number of aromatic nitrogens is 2. The fourth-order valence-electron chi connectivity index (χ4n) is 2.33. The zero-order valence-electron chi connectivity index (χ0n) is 10.4. The van der Waals surface area contributed by atoms with Crippen molar-refractivity contribution in [1.82, 2.24) is 9.78 Å². The second kappa shape index (κ2) is 4.21. The van der Waals surface area contributed by atoms with E-state index in [-0.39, 0.29) is 5.41 Å². The van der Waals surface area contributed by atoms with E-state index in [0.717, 1.165) is 34.4 Å². The third-order valence-electron chi connectivity index (χ3n) is 3.79. The van der Waals surface area contributed by atoms with Gasteiger partial charge in [-0.15, -0.1) is 0 Å². The van der Waals surface area contributed by atoms with E-state index in [1.165, 1.54) is 0 Å². The molecule has 1 heterocycles. The highest BCUT2D eigenvalue weighted by atomic mass is 79.9. The van der Waals surface area contributed by atoms with Crippen molar-refractivity contribution in [1.29, 1.82) is 0 Å². The molecule has 0 radical (unpaired) electrons. The number of hydrogen-bond acceptors (Lipinski definition) is 2. The lowest BCUT2D eigenvalue weighted by atomic mass is 10.0. The first-order chi connectivity index (χ1) is 8.68. The van der Waals surface area contributed by atoms with Crippen LogP contribution in [0.15, 0.2) is 34.8 Å². The van der Waals surface area contributed by atoms with Gasteiger partial charge in [0.15, 0.2) is 0 Å². The Hall–Kier alpha value is -1.13. The van der Waals surface area contributed by atoms with Crippen molar-refractivity contribution in [2.45, 2.75) is 25.2 Å². The van der Waals surface area contributed by atoms with Crippen molar-refractivity contribution in [3.63, 3.8) is 0 Å². The molecular weight excluding hydrogens is 290 g/mol. The van der Waals surface area contributed by atoms with Gasteiger partial charge in [0.25, 0.3) is 0 Å². The molecule has 0 bridgehead atoms. The summed E-state index contributed by atoms with van der Waals surface area (Å²) in [6, 6.07) is 10.2. The summed E-state index contributed by atoms with van der Waals surface area (Å²) in [5.74, 6) is 0. The molecule has 3 nitrogen and oxygen atoms in total. The molecule has 0 amide bonds. The molecule has 3 rings (SSSR count). The Bertz CT molecular complexity index is 570. The average Bonchev–Trinajstić information content (AvgIpc) is 3.15. The van der Waals surface area contributed by atoms with E-state index in [1.807, 2.05) is 22.9 Å². The number of halogens is 1. The van der Waals surface area contributed by atoms with Crippen molar-refractivity contribution in [2.75, 3.05) is 6.54 Å². The van der Waals surface area contributed by atoms with Gasteiger partial charge in [-0.2, -0.15) is 5.10 Å². The van der Waals surface area contributed by atoms with E-state index in [9.17, 15) is 0 Å². The van der Waals surface area contributed by atoms with Crippen LogP contribution in [0.1, 0.15) is 24.2 Å². The number of benzene rings is 1. The van der Waals surface area contributed by atoms with Crippen LogP contribution in [0, 0.1) is 6.92 Å². The third-order valence-corrected chi connectivity index (χ3v) is 4.74. The van der Waals surface area contributed by atoms with Crippen molar-refractivity contribution >= 4 is 15.9 Å². The lowest BCUT2D eigenvalue weighted by Gasteiger charge is -2.08. The fraction of sp³-hybridized carbons (Fsp3) is 0.357. The average molecular weight is 306 g/mol. The Morgan fingerprint density at radius 1 is 1.33 bits per heavy atom. The van der Waals surface area contributed by atoms with E-state index < -0.39 is 0 Å². The molecule has 0 unspecified atom stereocenters. The summed E-state index contributed by atoms with van der Waals surface area (Å²) in [5, 5.41) is 4.77. The molecule has 1 saturated carbocycles. The van der Waals surface area contributed by atoms with Gasteiger partial charge in [-0.25, -0.2) is 4.68 Å². The first kappa shape index (κ1) is 11.9. The summed E-state index contributed by atoms with van der Waals surface area (Å²) < 4.78 is 3.10. The number of hydrogen-bond donors (Lipinski definition) is 1. The fourth-order valence-corrected chi connectivity index (χ4v) is 3.00. The van der Waals surface area contributed by atoms with Gasteiger partial charge in [-0.3, -0.25) is 0 Å². The maximum atomic E-state index is 5.90. The van der Waals surface area contributed by atoms with Gasteiger partial charge in [0, 0.05) is 12.0 Å². The molecule has 1 aromatic heterocycles. The smallest absolute Gasteiger partial charge is 0.0848 e. The molecule has 1 aromatic carbocycles. The van der Waals surface area contributed by atoms with Gasteiger partial charge >= 0.3 is 0 Å². The molecule has 94 valence electrons. The highest BCUT2D eigenvalue weighted by molar-refractivity contribution is 9.10. The molecule has 0 aliphatic heterocycles. The zero-order valence-corrected chi connectivity index (χ0v) is 11.9. The summed E-state index contributed by atoms with van der Waals surface area (Å²) in [7, 11) is 0. The van der Waals surface area contributed by atoms with Crippen LogP contribution in [0.3, 0.4) is 0 Å². The molecule has 0 saturated heterocycles. The SMILES string of the molecule is Cc1c(Br)c(C2(CN)CC2)nn1-c1ccccc1. The quantitative estimate of drug-likeness (QED) is 0.947. The van der Waals surface area contributed by atoms with E-state index >= 15 is 0 Å². The summed E-state index contributed by atoms with van der Waals surface area (Å²) in [6.45, 7) is 2.76. The summed E-state index contributed by atoms with van der Waals surface area (Å²) in [6.07, 6.45) is 2.29. The normalized spacial score (nSPS) is 16.8. The van der Waals surface area contributed by atoms with Crippen LogP contribution in [-0.4, -0.2) is 16.3 Å². The maximum Gasteiger partial charge on any atom is 0.0848 e. The van der Waals surface area contributed by atoms with Crippen LogP contribution in [0.5, 0.6) is 0 Å². The minimum absolute atomic E-state index is 0.115. The molecule has 0 atom stereocenters. The van der Waals surface area contributed by atoms with E-state index in [2.05, 4.69) is 35.0 Å². The van der Waals surface area contributed by atoms with Gasteiger partial charge in [-0.1, -0.05) is 18.2 Å². The van der Waals surface area contributed by atoms with Gasteiger partial charge in [-0.05, 0) is 47.8 Å². The van der Waals surface area contributed by atoms with Crippen molar-refractivity contribution in [3.8, 4) is 5.69 Å². The monoisotopic (exact) mass is 305 g/mol. The molecule has 0 spiro atoms. The standard InChI is InChI=1S/C14H16BrN3/c1-10-12(15)13(14(9-16)7-8-14)17-18(10)11-5-3-2-4-6-11/h2-6H,7-9,16H2,1H3. The molecular formula is C14H16BrN3. The molecule has 1 aliphatic rings. The molecule has 2 N–H and O–H groups in total. The van der Waals surface area contributed by atoms with Gasteiger partial charge in [0.05, 0.1) is 21.5 Å². The van der Waals surface area contributed by atoms with Crippen LogP contribution in [0.2, 0.25) is 0 Å². The topological polar surface area (TPSA) is 43.8 Å². The maximum absolute atomic E-state index is 5.90. The lowest BCUT2D eigenvalue weighted by Crippen LogP contribution is -2.21. The minimum atomic E-state index is 0.115. The predicted octanol–water partition coefficient (Wildman–Crippen LogP) is 2.93. The Kier molecular flexibility index (Phi) is 2.79. The van der Waals surface area contributed by atoms with Crippen LogP contribution in [0.25, 0.3) is 5.69 Å². The number of para-hydroxylation sites is 1. The first-order valence-electron chi connectivity index (χ1n) is 6.19. The van der Waals surface area contributed by atoms with Crippen molar-refractivity contribution < 1.29 is 0 Å². The highest BCUT2D eigenvalue weighted by Gasteiger charge is 2.47. The van der Waals surface area contributed by atoms with Crippen LogP contribution < -0.4 is 5.73 Å². The predicted molar refractivity (Wildman–Crippen MR) is 76.0 cm³/mol. The van der Waals surface area contributed by atoms with Gasteiger partial charge in [0.2, 0.25) is 0 Å². The zero-order chi connectivity index (χ0) is 12.8. The van der Waals surface area contributed by atoms with E-state index in [0.29, 0.717) is 6.54 Å². The van der Waals surface area contributed by atoms with Crippen molar-refractivity contribution in [3.05, 3.63) is 46.2 Å². The number of nitrogens with two attached hydrogens (primary N) is 1. The summed E-state index contributed by atoms with van der Waals surface area (Å²) in [4.78, 5) is 0. The Morgan fingerprint density at radius 2 is 2.00 bits per heavy atom. The second-order valence-corrected chi connectivity index (χ2v) is 5.77. The van der Waals surface area contributed by atoms with Gasteiger partial charge in [0.1, 0.15) is 0 Å². The Labute approximate surface area is 115 Å². The Morgan fingerprint density at radius 3 is 2.56 bits per heavy atom. The van der Waals surface area contributed by atoms with Crippen LogP contribution >= 0.6 is 15.9 Å². The van der Waals surface area contributed by atoms with Crippen LogP contribution in [0.4, 0.5) is 0 Å². The highest BCUT2D eigenvalue weighted by Crippen LogP contribution is 2.49. The molecule has 18 heavy (non-hydrogen) atoms. The molecule has 1 fully saturated rings. The van der Waals surface area contributed by atoms with Crippen LogP contribution in [-0.2, 0) is 5.41 Å². The third kappa shape index (κ3) is 1.71.